The van der Waals surface area contributed by atoms with Gasteiger partial charge in [0.2, 0.25) is 0 Å². The van der Waals surface area contributed by atoms with Gasteiger partial charge in [-0.3, -0.25) is 11.3 Å². The summed E-state index contributed by atoms with van der Waals surface area (Å²) in [4.78, 5) is 1.19. The standard InChI is InChI=1S/C15H16ClFN2S/c16-14-7-6-11(9-15(14)17)8-12(19-18)10-20-13-4-2-1-3-5-13/h1-7,9,12,19H,8,10,18H2. The highest BCUT2D eigenvalue weighted by molar-refractivity contribution is 7.99. The van der Waals surface area contributed by atoms with E-state index in [0.717, 1.165) is 11.3 Å². The Bertz CT molecular complexity index is 551. The second-order valence-electron chi connectivity index (χ2n) is 4.44. The fourth-order valence-electron chi connectivity index (χ4n) is 1.83. The first kappa shape index (κ1) is 15.3. The zero-order chi connectivity index (χ0) is 14.4. The summed E-state index contributed by atoms with van der Waals surface area (Å²) >= 11 is 7.39. The van der Waals surface area contributed by atoms with Gasteiger partial charge in [-0.15, -0.1) is 11.8 Å². The van der Waals surface area contributed by atoms with Crippen LogP contribution in [0.1, 0.15) is 5.56 Å². The maximum Gasteiger partial charge on any atom is 0.142 e. The van der Waals surface area contributed by atoms with E-state index in [1.165, 1.54) is 11.0 Å². The van der Waals surface area contributed by atoms with Crippen LogP contribution in [0.15, 0.2) is 53.4 Å². The maximum absolute atomic E-state index is 13.4. The molecule has 106 valence electrons. The van der Waals surface area contributed by atoms with Gasteiger partial charge in [0.15, 0.2) is 0 Å². The Morgan fingerprint density at radius 2 is 1.95 bits per heavy atom. The molecule has 0 saturated heterocycles. The monoisotopic (exact) mass is 310 g/mol. The van der Waals surface area contributed by atoms with Crippen molar-refractivity contribution in [2.45, 2.75) is 17.4 Å². The van der Waals surface area contributed by atoms with Crippen molar-refractivity contribution in [2.75, 3.05) is 5.75 Å². The van der Waals surface area contributed by atoms with Crippen LogP contribution in [0.2, 0.25) is 5.02 Å². The van der Waals surface area contributed by atoms with E-state index in [2.05, 4.69) is 17.6 Å². The van der Waals surface area contributed by atoms with Crippen LogP contribution in [0.3, 0.4) is 0 Å². The average molecular weight is 311 g/mol. The zero-order valence-electron chi connectivity index (χ0n) is 10.9. The number of thioether (sulfide) groups is 1. The maximum atomic E-state index is 13.4. The summed E-state index contributed by atoms with van der Waals surface area (Å²) in [5, 5.41) is 0.143. The van der Waals surface area contributed by atoms with Crippen molar-refractivity contribution < 1.29 is 4.39 Å². The van der Waals surface area contributed by atoms with Crippen LogP contribution < -0.4 is 11.3 Å². The molecule has 0 aliphatic rings. The first-order valence-corrected chi connectivity index (χ1v) is 7.63. The molecule has 0 fully saturated rings. The zero-order valence-corrected chi connectivity index (χ0v) is 12.4. The largest absolute Gasteiger partial charge is 0.271 e. The molecular weight excluding hydrogens is 295 g/mol. The van der Waals surface area contributed by atoms with Gasteiger partial charge in [-0.25, -0.2) is 4.39 Å². The minimum absolute atomic E-state index is 0.0702. The molecule has 2 aromatic rings. The molecular formula is C15H16ClFN2S. The SMILES string of the molecule is NNC(CSc1ccccc1)Cc1ccc(Cl)c(F)c1. The minimum Gasteiger partial charge on any atom is -0.271 e. The summed E-state index contributed by atoms with van der Waals surface area (Å²) in [5.74, 6) is 5.99. The van der Waals surface area contributed by atoms with Crippen LogP contribution in [-0.4, -0.2) is 11.8 Å². The number of nitrogens with two attached hydrogens (primary N) is 1. The number of hydrazine groups is 1. The molecule has 0 heterocycles. The van der Waals surface area contributed by atoms with E-state index < -0.39 is 5.82 Å². The molecule has 0 amide bonds. The third-order valence-corrected chi connectivity index (χ3v) is 4.38. The summed E-state index contributed by atoms with van der Waals surface area (Å²) in [6, 6.07) is 15.0. The van der Waals surface area contributed by atoms with Gasteiger partial charge in [0.1, 0.15) is 5.82 Å². The van der Waals surface area contributed by atoms with Crippen LogP contribution in [0.25, 0.3) is 0 Å². The van der Waals surface area contributed by atoms with Crippen molar-refractivity contribution in [3.63, 3.8) is 0 Å². The third kappa shape index (κ3) is 4.49. The quantitative estimate of drug-likeness (QED) is 0.486. The number of hydrogen-bond donors (Lipinski definition) is 2. The predicted octanol–water partition coefficient (Wildman–Crippen LogP) is 3.65. The Balaban J connectivity index is 1.93. The van der Waals surface area contributed by atoms with Gasteiger partial charge in [-0.05, 0) is 36.2 Å². The van der Waals surface area contributed by atoms with Crippen LogP contribution in [-0.2, 0) is 6.42 Å². The van der Waals surface area contributed by atoms with Crippen molar-refractivity contribution in [2.24, 2.45) is 5.84 Å². The van der Waals surface area contributed by atoms with Crippen LogP contribution in [0.5, 0.6) is 0 Å². The lowest BCUT2D eigenvalue weighted by molar-refractivity contribution is 0.570. The summed E-state index contributed by atoms with van der Waals surface area (Å²) < 4.78 is 13.4. The first-order valence-electron chi connectivity index (χ1n) is 6.27. The molecule has 1 unspecified atom stereocenters. The first-order chi connectivity index (χ1) is 9.69. The number of halogens is 2. The average Bonchev–Trinajstić information content (AvgIpc) is 2.48. The van der Waals surface area contributed by atoms with Crippen LogP contribution in [0.4, 0.5) is 4.39 Å². The number of benzene rings is 2. The van der Waals surface area contributed by atoms with Crippen molar-refractivity contribution >= 4 is 23.4 Å². The molecule has 2 nitrogen and oxygen atoms in total. The molecule has 0 bridgehead atoms. The van der Waals surface area contributed by atoms with Gasteiger partial charge >= 0.3 is 0 Å². The third-order valence-electron chi connectivity index (χ3n) is 2.90. The van der Waals surface area contributed by atoms with Crippen molar-refractivity contribution in [1.82, 2.24) is 5.43 Å². The van der Waals surface area contributed by atoms with Gasteiger partial charge in [-0.2, -0.15) is 0 Å². The van der Waals surface area contributed by atoms with E-state index in [0.29, 0.717) is 6.42 Å². The lowest BCUT2D eigenvalue weighted by Gasteiger charge is -2.15. The molecule has 3 N–H and O–H groups in total. The highest BCUT2D eigenvalue weighted by Gasteiger charge is 2.10. The number of hydrogen-bond acceptors (Lipinski definition) is 3. The fraction of sp³-hybridized carbons (Fsp3) is 0.200. The Labute approximate surface area is 127 Å². The van der Waals surface area contributed by atoms with E-state index in [-0.39, 0.29) is 11.1 Å². The smallest absolute Gasteiger partial charge is 0.142 e. The van der Waals surface area contributed by atoms with Gasteiger partial charge in [0.25, 0.3) is 0 Å². The Hall–Kier alpha value is -1.07. The molecule has 0 aromatic heterocycles. The second-order valence-corrected chi connectivity index (χ2v) is 5.94. The van der Waals surface area contributed by atoms with Crippen molar-refractivity contribution in [3.05, 3.63) is 64.9 Å². The van der Waals surface area contributed by atoms with Gasteiger partial charge in [-0.1, -0.05) is 35.9 Å². The topological polar surface area (TPSA) is 38.0 Å². The highest BCUT2D eigenvalue weighted by atomic mass is 35.5. The molecule has 0 aliphatic heterocycles. The molecule has 2 rings (SSSR count). The molecule has 0 spiro atoms. The van der Waals surface area contributed by atoms with E-state index in [1.54, 1.807) is 17.8 Å². The van der Waals surface area contributed by atoms with Crippen molar-refractivity contribution in [3.8, 4) is 0 Å². The second kappa shape index (κ2) is 7.64. The Morgan fingerprint density at radius 1 is 1.20 bits per heavy atom. The predicted molar refractivity (Wildman–Crippen MR) is 83.4 cm³/mol. The molecule has 1 atom stereocenters. The van der Waals surface area contributed by atoms with Gasteiger partial charge in [0, 0.05) is 16.7 Å². The summed E-state index contributed by atoms with van der Waals surface area (Å²) in [6.07, 6.45) is 0.657. The van der Waals surface area contributed by atoms with E-state index >= 15 is 0 Å². The van der Waals surface area contributed by atoms with Crippen LogP contribution >= 0.6 is 23.4 Å². The molecule has 2 aromatic carbocycles. The lowest BCUT2D eigenvalue weighted by atomic mass is 10.1. The van der Waals surface area contributed by atoms with E-state index in [9.17, 15) is 4.39 Å². The molecule has 0 saturated carbocycles. The Morgan fingerprint density at radius 3 is 2.60 bits per heavy atom. The highest BCUT2D eigenvalue weighted by Crippen LogP contribution is 2.20. The minimum atomic E-state index is -0.393. The lowest BCUT2D eigenvalue weighted by Crippen LogP contribution is -2.38. The summed E-state index contributed by atoms with van der Waals surface area (Å²) in [7, 11) is 0. The molecule has 5 heteroatoms. The molecule has 0 radical (unpaired) electrons. The number of rotatable bonds is 6. The van der Waals surface area contributed by atoms with E-state index in [4.69, 9.17) is 17.4 Å². The van der Waals surface area contributed by atoms with Gasteiger partial charge in [0.05, 0.1) is 5.02 Å². The summed E-state index contributed by atoms with van der Waals surface area (Å²) in [5.41, 5.74) is 3.66. The fourth-order valence-corrected chi connectivity index (χ4v) is 2.91. The summed E-state index contributed by atoms with van der Waals surface area (Å²) in [6.45, 7) is 0. The normalized spacial score (nSPS) is 12.3. The van der Waals surface area contributed by atoms with Crippen molar-refractivity contribution in [1.29, 1.82) is 0 Å². The van der Waals surface area contributed by atoms with Crippen LogP contribution in [0, 0.1) is 5.82 Å². The van der Waals surface area contributed by atoms with Gasteiger partial charge < -0.3 is 0 Å². The molecule has 0 aliphatic carbocycles. The molecule has 20 heavy (non-hydrogen) atoms. The number of nitrogens with one attached hydrogen (secondary N) is 1. The Kier molecular flexibility index (Phi) is 5.86. The van der Waals surface area contributed by atoms with E-state index in [1.807, 2.05) is 24.3 Å².